The SMILES string of the molecule is O=C(Nc1cc(-c2ccc(Br)cc2)no1)c1ccccc1. The molecule has 4 nitrogen and oxygen atoms in total. The van der Waals surface area contributed by atoms with Crippen molar-refractivity contribution in [3.63, 3.8) is 0 Å². The second kappa shape index (κ2) is 5.93. The lowest BCUT2D eigenvalue weighted by Crippen LogP contribution is -2.10. The average molecular weight is 343 g/mol. The van der Waals surface area contributed by atoms with Crippen LogP contribution in [0.1, 0.15) is 10.4 Å². The molecule has 3 rings (SSSR count). The maximum atomic E-state index is 12.0. The van der Waals surface area contributed by atoms with E-state index in [1.807, 2.05) is 42.5 Å². The van der Waals surface area contributed by atoms with Gasteiger partial charge >= 0.3 is 0 Å². The number of anilines is 1. The van der Waals surface area contributed by atoms with Gasteiger partial charge in [-0.2, -0.15) is 0 Å². The molecule has 2 aromatic carbocycles. The van der Waals surface area contributed by atoms with Crippen LogP contribution in [0.25, 0.3) is 11.3 Å². The van der Waals surface area contributed by atoms with Gasteiger partial charge in [0.1, 0.15) is 5.69 Å². The molecule has 3 aromatic rings. The zero-order valence-electron chi connectivity index (χ0n) is 10.9. The molecule has 0 radical (unpaired) electrons. The molecule has 1 heterocycles. The fraction of sp³-hybridized carbons (Fsp3) is 0. The molecular weight excluding hydrogens is 332 g/mol. The van der Waals surface area contributed by atoms with Crippen molar-refractivity contribution < 1.29 is 9.32 Å². The van der Waals surface area contributed by atoms with Crippen LogP contribution in [0.5, 0.6) is 0 Å². The Bertz CT molecular complexity index is 751. The van der Waals surface area contributed by atoms with E-state index in [1.165, 1.54) is 0 Å². The fourth-order valence-electron chi connectivity index (χ4n) is 1.86. The molecule has 0 saturated heterocycles. The van der Waals surface area contributed by atoms with Crippen LogP contribution >= 0.6 is 15.9 Å². The number of hydrogen-bond donors (Lipinski definition) is 1. The van der Waals surface area contributed by atoms with Crippen LogP contribution in [-0.2, 0) is 0 Å². The van der Waals surface area contributed by atoms with Gasteiger partial charge in [-0.15, -0.1) is 0 Å². The van der Waals surface area contributed by atoms with Crippen LogP contribution in [0.2, 0.25) is 0 Å². The summed E-state index contributed by atoms with van der Waals surface area (Å²) in [5.41, 5.74) is 2.16. The molecule has 0 atom stereocenters. The summed E-state index contributed by atoms with van der Waals surface area (Å²) in [4.78, 5) is 12.0. The smallest absolute Gasteiger partial charge is 0.258 e. The number of carbonyl (C=O) groups is 1. The fourth-order valence-corrected chi connectivity index (χ4v) is 2.13. The van der Waals surface area contributed by atoms with Crippen LogP contribution in [0.15, 0.2) is 69.7 Å². The van der Waals surface area contributed by atoms with Gasteiger partial charge in [0, 0.05) is 21.7 Å². The Kier molecular flexibility index (Phi) is 3.83. The molecule has 0 saturated carbocycles. The number of carbonyl (C=O) groups excluding carboxylic acids is 1. The normalized spacial score (nSPS) is 10.3. The molecule has 0 unspecified atom stereocenters. The van der Waals surface area contributed by atoms with Crippen molar-refractivity contribution in [2.45, 2.75) is 0 Å². The van der Waals surface area contributed by atoms with E-state index in [9.17, 15) is 4.79 Å². The monoisotopic (exact) mass is 342 g/mol. The van der Waals surface area contributed by atoms with E-state index in [2.05, 4.69) is 26.4 Å². The number of benzene rings is 2. The highest BCUT2D eigenvalue weighted by molar-refractivity contribution is 9.10. The third-order valence-electron chi connectivity index (χ3n) is 2.92. The summed E-state index contributed by atoms with van der Waals surface area (Å²) in [7, 11) is 0. The number of hydrogen-bond acceptors (Lipinski definition) is 3. The largest absolute Gasteiger partial charge is 0.338 e. The summed E-state index contributed by atoms with van der Waals surface area (Å²) in [6, 6.07) is 18.3. The van der Waals surface area contributed by atoms with Gasteiger partial charge in [-0.3, -0.25) is 10.1 Å². The first kappa shape index (κ1) is 13.6. The van der Waals surface area contributed by atoms with Crippen LogP contribution in [-0.4, -0.2) is 11.1 Å². The van der Waals surface area contributed by atoms with E-state index >= 15 is 0 Å². The summed E-state index contributed by atoms with van der Waals surface area (Å²) >= 11 is 3.38. The van der Waals surface area contributed by atoms with Crippen molar-refractivity contribution in [3.05, 3.63) is 70.7 Å². The molecule has 1 N–H and O–H groups in total. The first-order chi connectivity index (χ1) is 10.2. The molecule has 0 spiro atoms. The highest BCUT2D eigenvalue weighted by atomic mass is 79.9. The van der Waals surface area contributed by atoms with Crippen LogP contribution in [0.3, 0.4) is 0 Å². The maximum absolute atomic E-state index is 12.0. The predicted molar refractivity (Wildman–Crippen MR) is 84.0 cm³/mol. The van der Waals surface area contributed by atoms with E-state index in [0.29, 0.717) is 17.1 Å². The minimum atomic E-state index is -0.228. The zero-order chi connectivity index (χ0) is 14.7. The van der Waals surface area contributed by atoms with Gasteiger partial charge in [0.15, 0.2) is 0 Å². The van der Waals surface area contributed by atoms with E-state index in [-0.39, 0.29) is 5.91 Å². The first-order valence-corrected chi connectivity index (χ1v) is 7.11. The van der Waals surface area contributed by atoms with Gasteiger partial charge in [-0.1, -0.05) is 51.4 Å². The van der Waals surface area contributed by atoms with Crippen molar-refractivity contribution in [3.8, 4) is 11.3 Å². The number of halogens is 1. The summed E-state index contributed by atoms with van der Waals surface area (Å²) in [5, 5.41) is 6.64. The maximum Gasteiger partial charge on any atom is 0.258 e. The number of rotatable bonds is 3. The van der Waals surface area contributed by atoms with Crippen molar-refractivity contribution in [1.82, 2.24) is 5.16 Å². The highest BCUT2D eigenvalue weighted by Gasteiger charge is 2.10. The number of nitrogens with one attached hydrogen (secondary N) is 1. The van der Waals surface area contributed by atoms with Crippen LogP contribution in [0.4, 0.5) is 5.88 Å². The molecule has 21 heavy (non-hydrogen) atoms. The molecule has 1 amide bonds. The highest BCUT2D eigenvalue weighted by Crippen LogP contribution is 2.23. The third-order valence-corrected chi connectivity index (χ3v) is 3.45. The molecule has 0 aliphatic carbocycles. The molecule has 0 fully saturated rings. The van der Waals surface area contributed by atoms with E-state index < -0.39 is 0 Å². The minimum Gasteiger partial charge on any atom is -0.338 e. The van der Waals surface area contributed by atoms with E-state index in [1.54, 1.807) is 18.2 Å². The molecule has 0 aliphatic heterocycles. The molecule has 0 aliphatic rings. The summed E-state index contributed by atoms with van der Waals surface area (Å²) in [6.07, 6.45) is 0. The minimum absolute atomic E-state index is 0.228. The van der Waals surface area contributed by atoms with Gasteiger partial charge in [-0.05, 0) is 24.3 Å². The number of nitrogens with zero attached hydrogens (tertiary/aromatic N) is 1. The lowest BCUT2D eigenvalue weighted by Gasteiger charge is -1.99. The number of amides is 1. The summed E-state index contributed by atoms with van der Waals surface area (Å²) in [6.45, 7) is 0. The van der Waals surface area contributed by atoms with Gasteiger partial charge < -0.3 is 4.52 Å². The van der Waals surface area contributed by atoms with Crippen molar-refractivity contribution in [2.24, 2.45) is 0 Å². The molecule has 5 heteroatoms. The molecule has 104 valence electrons. The van der Waals surface area contributed by atoms with Crippen LogP contribution in [0, 0.1) is 0 Å². The number of aromatic nitrogens is 1. The average Bonchev–Trinajstić information content (AvgIpc) is 2.97. The topological polar surface area (TPSA) is 55.1 Å². The van der Waals surface area contributed by atoms with E-state index in [0.717, 1.165) is 10.0 Å². The Morgan fingerprint density at radius 1 is 1.05 bits per heavy atom. The van der Waals surface area contributed by atoms with Gasteiger partial charge in [0.2, 0.25) is 5.88 Å². The van der Waals surface area contributed by atoms with Crippen molar-refractivity contribution >= 4 is 27.7 Å². The summed E-state index contributed by atoms with van der Waals surface area (Å²) in [5.74, 6) is 0.0934. The molecular formula is C16H11BrN2O2. The van der Waals surface area contributed by atoms with Gasteiger partial charge in [0.05, 0.1) is 0 Å². The van der Waals surface area contributed by atoms with Crippen LogP contribution < -0.4 is 5.32 Å². The predicted octanol–water partition coefficient (Wildman–Crippen LogP) is 4.36. The Balaban J connectivity index is 1.76. The summed E-state index contributed by atoms with van der Waals surface area (Å²) < 4.78 is 6.14. The second-order valence-electron chi connectivity index (χ2n) is 4.40. The zero-order valence-corrected chi connectivity index (χ0v) is 12.5. The Morgan fingerprint density at radius 3 is 2.48 bits per heavy atom. The Morgan fingerprint density at radius 2 is 1.76 bits per heavy atom. The lowest BCUT2D eigenvalue weighted by atomic mass is 10.1. The standard InChI is InChI=1S/C16H11BrN2O2/c17-13-8-6-11(7-9-13)14-10-15(21-19-14)18-16(20)12-4-2-1-3-5-12/h1-10H,(H,18,20). The van der Waals surface area contributed by atoms with E-state index in [4.69, 9.17) is 4.52 Å². The van der Waals surface area contributed by atoms with Gasteiger partial charge in [-0.25, -0.2) is 0 Å². The third kappa shape index (κ3) is 3.20. The van der Waals surface area contributed by atoms with Crippen molar-refractivity contribution in [1.29, 1.82) is 0 Å². The molecule has 1 aromatic heterocycles. The Labute approximate surface area is 129 Å². The second-order valence-corrected chi connectivity index (χ2v) is 5.32. The molecule has 0 bridgehead atoms. The first-order valence-electron chi connectivity index (χ1n) is 6.31. The Hall–Kier alpha value is -2.40. The lowest BCUT2D eigenvalue weighted by molar-refractivity contribution is 0.102. The van der Waals surface area contributed by atoms with Gasteiger partial charge in [0.25, 0.3) is 5.91 Å². The quantitative estimate of drug-likeness (QED) is 0.769. The van der Waals surface area contributed by atoms with Crippen molar-refractivity contribution in [2.75, 3.05) is 5.32 Å².